The average Bonchev–Trinajstić information content (AvgIpc) is 3.43. The maximum atomic E-state index is 14.2. The van der Waals surface area contributed by atoms with E-state index in [1.165, 1.54) is 14.2 Å². The summed E-state index contributed by atoms with van der Waals surface area (Å²) in [5.41, 5.74) is -0.526. The highest BCUT2D eigenvalue weighted by atomic mass is 79.9. The fourth-order valence-corrected chi connectivity index (χ4v) is 6.30. The highest BCUT2D eigenvalue weighted by Gasteiger charge is 2.42. The Kier molecular flexibility index (Phi) is 8.19. The van der Waals surface area contributed by atoms with Crippen LogP contribution in [0.5, 0.6) is 11.5 Å². The summed E-state index contributed by atoms with van der Waals surface area (Å²) >= 11 is 3.20. The lowest BCUT2D eigenvalue weighted by atomic mass is 10.1. The Morgan fingerprint density at radius 2 is 1.42 bits per heavy atom. The van der Waals surface area contributed by atoms with Crippen LogP contribution in [0.3, 0.4) is 0 Å². The molecular weight excluding hydrogens is 589 g/mol. The number of nitrogens with zero attached hydrogens (tertiary/aromatic N) is 4. The van der Waals surface area contributed by atoms with E-state index in [4.69, 9.17) is 9.47 Å². The zero-order valence-electron chi connectivity index (χ0n) is 20.2. The van der Waals surface area contributed by atoms with Crippen molar-refractivity contribution in [2.75, 3.05) is 20.9 Å². The molecule has 8 nitrogen and oxygen atoms in total. The first-order valence-electron chi connectivity index (χ1n) is 11.1. The van der Waals surface area contributed by atoms with E-state index in [1.54, 1.807) is 48.5 Å². The number of benzene rings is 3. The predicted molar refractivity (Wildman–Crippen MR) is 138 cm³/mol. The van der Waals surface area contributed by atoms with Crippen LogP contribution < -0.4 is 9.47 Å². The Labute approximate surface area is 226 Å². The Morgan fingerprint density at radius 1 is 0.895 bits per heavy atom. The molecular formula is C25H22BrF3N4O4S. The van der Waals surface area contributed by atoms with E-state index in [-0.39, 0.29) is 35.6 Å². The van der Waals surface area contributed by atoms with Crippen molar-refractivity contribution in [2.24, 2.45) is 15.2 Å². The monoisotopic (exact) mass is 610 g/mol. The lowest BCUT2D eigenvalue weighted by molar-refractivity contribution is -0.140. The largest absolute Gasteiger partial charge is 0.497 e. The van der Waals surface area contributed by atoms with Crippen LogP contribution in [0.15, 0.2) is 85.3 Å². The first kappa shape index (κ1) is 27.7. The summed E-state index contributed by atoms with van der Waals surface area (Å²) < 4.78 is 82.6. The second-order valence-electron chi connectivity index (χ2n) is 8.13. The molecule has 0 spiro atoms. The van der Waals surface area contributed by atoms with Gasteiger partial charge in [-0.2, -0.15) is 22.6 Å². The van der Waals surface area contributed by atoms with Gasteiger partial charge in [0.1, 0.15) is 16.4 Å². The minimum absolute atomic E-state index is 0.0949. The number of hydrogen-bond acceptors (Lipinski definition) is 7. The Hall–Kier alpha value is -3.29. The van der Waals surface area contributed by atoms with Crippen LogP contribution in [0.1, 0.15) is 22.3 Å². The predicted octanol–water partition coefficient (Wildman–Crippen LogP) is 6.05. The first-order chi connectivity index (χ1) is 18.0. The van der Waals surface area contributed by atoms with Gasteiger partial charge in [-0.15, -0.1) is 5.11 Å². The summed E-state index contributed by atoms with van der Waals surface area (Å²) in [7, 11) is -1.81. The van der Waals surface area contributed by atoms with Crippen molar-refractivity contribution >= 4 is 31.8 Å². The van der Waals surface area contributed by atoms with Gasteiger partial charge in [-0.1, -0.05) is 24.3 Å². The second-order valence-corrected chi connectivity index (χ2v) is 10.9. The van der Waals surface area contributed by atoms with Gasteiger partial charge in [0.15, 0.2) is 12.5 Å². The third-order valence-corrected chi connectivity index (χ3v) is 8.26. The summed E-state index contributed by atoms with van der Waals surface area (Å²) in [6.07, 6.45) is -4.97. The van der Waals surface area contributed by atoms with Gasteiger partial charge in [0.05, 0.1) is 25.3 Å². The summed E-state index contributed by atoms with van der Waals surface area (Å²) in [6, 6.07) is 15.0. The molecule has 1 aliphatic heterocycles. The van der Waals surface area contributed by atoms with Gasteiger partial charge in [-0.05, 0) is 63.5 Å². The number of hydrogen-bond donors (Lipinski definition) is 0. The second kappa shape index (κ2) is 11.2. The number of amidine groups is 1. The SMILES string of the molecule is COc1ccc(CN(Cc2ccc(OC)cc2)S(=O)(=O)c2c(C(F)(F)F)ccc(Br)c2C2=NCN=N2)cc1. The van der Waals surface area contributed by atoms with Gasteiger partial charge in [0.25, 0.3) is 0 Å². The number of methoxy groups -OCH3 is 2. The maximum absolute atomic E-state index is 14.2. The molecule has 0 N–H and O–H groups in total. The molecule has 0 atom stereocenters. The minimum Gasteiger partial charge on any atom is -0.497 e. The maximum Gasteiger partial charge on any atom is 0.417 e. The molecule has 1 heterocycles. The number of alkyl halides is 3. The van der Waals surface area contributed by atoms with Crippen LogP contribution >= 0.6 is 15.9 Å². The first-order valence-corrected chi connectivity index (χ1v) is 13.4. The van der Waals surface area contributed by atoms with Crippen LogP contribution in [0.2, 0.25) is 0 Å². The molecule has 0 saturated carbocycles. The number of aliphatic imine (C=N–C) groups is 1. The van der Waals surface area contributed by atoms with Gasteiger partial charge >= 0.3 is 6.18 Å². The topological polar surface area (TPSA) is 92.9 Å². The minimum atomic E-state index is -4.97. The highest BCUT2D eigenvalue weighted by molar-refractivity contribution is 9.10. The summed E-state index contributed by atoms with van der Waals surface area (Å²) in [5, 5.41) is 7.49. The van der Waals surface area contributed by atoms with Gasteiger partial charge in [-0.25, -0.2) is 13.4 Å². The van der Waals surface area contributed by atoms with E-state index in [0.29, 0.717) is 22.6 Å². The summed E-state index contributed by atoms with van der Waals surface area (Å²) in [5.74, 6) is 0.906. The summed E-state index contributed by atoms with van der Waals surface area (Å²) in [6.45, 7) is -0.538. The molecule has 0 unspecified atom stereocenters. The van der Waals surface area contributed by atoms with Crippen molar-refractivity contribution < 1.29 is 31.1 Å². The third kappa shape index (κ3) is 5.89. The number of halogens is 4. The standard InChI is InChI=1S/C25H22BrF3N4O4S/c1-36-18-7-3-16(4-8-18)13-33(14-17-5-9-19(37-2)10-6-17)38(34,35)23-20(25(27,28)29)11-12-21(26)22(23)24-30-15-31-32-24/h3-12H,13-15H2,1-2H3. The van der Waals surface area contributed by atoms with Gasteiger partial charge < -0.3 is 9.47 Å². The van der Waals surface area contributed by atoms with E-state index in [2.05, 4.69) is 31.2 Å². The Bertz CT molecular complexity index is 1430. The Morgan fingerprint density at radius 3 is 1.84 bits per heavy atom. The highest BCUT2D eigenvalue weighted by Crippen LogP contribution is 2.41. The fourth-order valence-electron chi connectivity index (χ4n) is 3.84. The molecule has 0 radical (unpaired) electrons. The van der Waals surface area contributed by atoms with E-state index in [0.717, 1.165) is 16.4 Å². The van der Waals surface area contributed by atoms with Crippen LogP contribution in [0.4, 0.5) is 13.2 Å². The molecule has 200 valence electrons. The third-order valence-electron chi connectivity index (χ3n) is 5.72. The van der Waals surface area contributed by atoms with Gasteiger partial charge in [-0.3, -0.25) is 0 Å². The van der Waals surface area contributed by atoms with E-state index in [9.17, 15) is 21.6 Å². The van der Waals surface area contributed by atoms with Crippen molar-refractivity contribution in [3.63, 3.8) is 0 Å². The van der Waals surface area contributed by atoms with Crippen LogP contribution in [0, 0.1) is 0 Å². The fraction of sp³-hybridized carbons (Fsp3) is 0.240. The van der Waals surface area contributed by atoms with E-state index in [1.807, 2.05) is 0 Å². The zero-order valence-corrected chi connectivity index (χ0v) is 22.6. The molecule has 13 heteroatoms. The molecule has 3 aromatic carbocycles. The molecule has 1 aliphatic rings. The van der Waals surface area contributed by atoms with Crippen LogP contribution in [-0.4, -0.2) is 39.4 Å². The van der Waals surface area contributed by atoms with Crippen LogP contribution in [0.25, 0.3) is 0 Å². The number of sulfonamides is 1. The van der Waals surface area contributed by atoms with Crippen molar-refractivity contribution in [2.45, 2.75) is 24.2 Å². The Balaban J connectivity index is 1.89. The van der Waals surface area contributed by atoms with Gasteiger partial charge in [0, 0.05) is 17.6 Å². The number of ether oxygens (including phenoxy) is 2. The van der Waals surface area contributed by atoms with Crippen molar-refractivity contribution in [1.29, 1.82) is 0 Å². The molecule has 0 aliphatic carbocycles. The van der Waals surface area contributed by atoms with E-state index < -0.39 is 26.7 Å². The van der Waals surface area contributed by atoms with Crippen LogP contribution in [-0.2, 0) is 29.3 Å². The molecule has 0 fully saturated rings. The average molecular weight is 611 g/mol. The smallest absolute Gasteiger partial charge is 0.417 e. The quantitative estimate of drug-likeness (QED) is 0.295. The van der Waals surface area contributed by atoms with Crippen molar-refractivity contribution in [3.05, 3.63) is 87.4 Å². The summed E-state index contributed by atoms with van der Waals surface area (Å²) in [4.78, 5) is 3.06. The molecule has 0 amide bonds. The van der Waals surface area contributed by atoms with Crippen molar-refractivity contribution in [3.8, 4) is 11.5 Å². The lowest BCUT2D eigenvalue weighted by Crippen LogP contribution is -2.33. The molecule has 38 heavy (non-hydrogen) atoms. The number of azo groups is 1. The molecule has 0 saturated heterocycles. The molecule has 4 rings (SSSR count). The van der Waals surface area contributed by atoms with E-state index >= 15 is 0 Å². The zero-order chi connectivity index (χ0) is 27.5. The molecule has 0 bridgehead atoms. The van der Waals surface area contributed by atoms with Crippen molar-refractivity contribution in [1.82, 2.24) is 4.31 Å². The molecule has 0 aromatic heterocycles. The normalized spacial score (nSPS) is 13.6. The lowest BCUT2D eigenvalue weighted by Gasteiger charge is -2.26. The number of rotatable bonds is 9. The molecule has 3 aromatic rings. The van der Waals surface area contributed by atoms with Gasteiger partial charge in [0.2, 0.25) is 10.0 Å².